The number of hydrogen-bond acceptors (Lipinski definition) is 5. The third-order valence-corrected chi connectivity index (χ3v) is 6.88. The summed E-state index contributed by atoms with van der Waals surface area (Å²) in [5, 5.41) is 5.14. The molecule has 0 aliphatic carbocycles. The summed E-state index contributed by atoms with van der Waals surface area (Å²) in [6.07, 6.45) is 4.74. The summed E-state index contributed by atoms with van der Waals surface area (Å²) in [6.45, 7) is 2.86. The third kappa shape index (κ3) is 3.28. The monoisotopic (exact) mass is 402 g/mol. The van der Waals surface area contributed by atoms with E-state index in [1.807, 2.05) is 18.3 Å². The average Bonchev–Trinajstić information content (AvgIpc) is 3.37. The van der Waals surface area contributed by atoms with Gasteiger partial charge in [-0.1, -0.05) is 24.3 Å². The van der Waals surface area contributed by atoms with Crippen LogP contribution in [0.15, 0.2) is 54.9 Å². The summed E-state index contributed by atoms with van der Waals surface area (Å²) in [7, 11) is 1.69. The number of nitrogens with one attached hydrogen (secondary N) is 1. The molecule has 1 atom stereocenters. The number of para-hydroxylation sites is 1. The smallest absolute Gasteiger partial charge is 0.261 e. The Kier molecular flexibility index (Phi) is 4.73. The zero-order chi connectivity index (χ0) is 19.8. The molecule has 4 aromatic rings. The highest BCUT2D eigenvalue weighted by Crippen LogP contribution is 2.39. The van der Waals surface area contributed by atoms with Crippen molar-refractivity contribution in [3.05, 3.63) is 70.9 Å². The Balaban J connectivity index is 1.45. The lowest BCUT2D eigenvalue weighted by Gasteiger charge is -2.18. The van der Waals surface area contributed by atoms with E-state index < -0.39 is 0 Å². The predicted molar refractivity (Wildman–Crippen MR) is 117 cm³/mol. The van der Waals surface area contributed by atoms with E-state index in [-0.39, 0.29) is 5.91 Å². The molecule has 1 fully saturated rings. The maximum atomic E-state index is 12.5. The first-order valence-electron chi connectivity index (χ1n) is 9.89. The first kappa shape index (κ1) is 18.2. The molecule has 5 rings (SSSR count). The fraction of sp³-hybridized carbons (Fsp3) is 0.261. The van der Waals surface area contributed by atoms with Crippen molar-refractivity contribution < 1.29 is 4.79 Å². The number of fused-ring (bicyclic) bond motifs is 2. The maximum absolute atomic E-state index is 12.5. The van der Waals surface area contributed by atoms with E-state index in [1.165, 1.54) is 27.8 Å². The highest BCUT2D eigenvalue weighted by Gasteiger charge is 2.30. The first-order chi connectivity index (χ1) is 14.2. The Morgan fingerprint density at radius 2 is 2.00 bits per heavy atom. The van der Waals surface area contributed by atoms with Gasteiger partial charge in [0, 0.05) is 49.2 Å². The molecule has 1 aromatic carbocycles. The van der Waals surface area contributed by atoms with Crippen LogP contribution >= 0.6 is 11.3 Å². The fourth-order valence-corrected chi connectivity index (χ4v) is 5.56. The largest absolute Gasteiger partial charge is 0.354 e. The molecule has 29 heavy (non-hydrogen) atoms. The topological polar surface area (TPSA) is 58.1 Å². The molecule has 1 aliphatic heterocycles. The standard InChI is InChI=1S/C23H22N4OS/c1-24-22(28)21-20(18-6-4-10-26-23(18)29-21)16-9-12-27(14-16)13-15-8-11-25-19-7-3-2-5-17(15)19/h2-8,10-11,16H,9,12-14H2,1H3,(H,24,28)/t16-/m0/s1. The van der Waals surface area contributed by atoms with Gasteiger partial charge in [0.25, 0.3) is 5.91 Å². The molecule has 1 N–H and O–H groups in total. The van der Waals surface area contributed by atoms with Crippen LogP contribution < -0.4 is 5.32 Å². The predicted octanol–water partition coefficient (Wildman–Crippen LogP) is 4.19. The van der Waals surface area contributed by atoms with Crippen molar-refractivity contribution in [3.8, 4) is 0 Å². The Bertz CT molecular complexity index is 1200. The van der Waals surface area contributed by atoms with Crippen molar-refractivity contribution in [2.45, 2.75) is 18.9 Å². The molecule has 1 aliphatic rings. The van der Waals surface area contributed by atoms with E-state index in [0.29, 0.717) is 5.92 Å². The fourth-order valence-electron chi connectivity index (χ4n) is 4.38. The average molecular weight is 403 g/mol. The zero-order valence-corrected chi connectivity index (χ0v) is 17.1. The molecule has 3 aromatic heterocycles. The van der Waals surface area contributed by atoms with Gasteiger partial charge in [-0.3, -0.25) is 14.7 Å². The minimum atomic E-state index is -0.0124. The number of aromatic nitrogens is 2. The normalized spacial score (nSPS) is 17.2. The van der Waals surface area contributed by atoms with Crippen LogP contribution in [0, 0.1) is 0 Å². The van der Waals surface area contributed by atoms with Gasteiger partial charge in [-0.05, 0) is 42.3 Å². The molecule has 5 nitrogen and oxygen atoms in total. The van der Waals surface area contributed by atoms with Crippen LogP contribution in [-0.2, 0) is 6.54 Å². The number of benzene rings is 1. The van der Waals surface area contributed by atoms with E-state index in [1.54, 1.807) is 13.2 Å². The van der Waals surface area contributed by atoms with E-state index >= 15 is 0 Å². The molecular weight excluding hydrogens is 380 g/mol. The van der Waals surface area contributed by atoms with Crippen LogP contribution in [0.4, 0.5) is 0 Å². The van der Waals surface area contributed by atoms with Crippen molar-refractivity contribution in [2.24, 2.45) is 0 Å². The second-order valence-electron chi connectivity index (χ2n) is 7.49. The molecule has 0 radical (unpaired) electrons. The number of likely N-dealkylation sites (tertiary alicyclic amines) is 1. The number of carbonyl (C=O) groups excluding carboxylic acids is 1. The van der Waals surface area contributed by atoms with Crippen LogP contribution in [-0.4, -0.2) is 40.9 Å². The lowest BCUT2D eigenvalue weighted by atomic mass is 9.95. The van der Waals surface area contributed by atoms with Crippen molar-refractivity contribution in [3.63, 3.8) is 0 Å². The van der Waals surface area contributed by atoms with Gasteiger partial charge in [-0.2, -0.15) is 0 Å². The van der Waals surface area contributed by atoms with Crippen LogP contribution in [0.5, 0.6) is 0 Å². The van der Waals surface area contributed by atoms with Crippen LogP contribution in [0.25, 0.3) is 21.1 Å². The summed E-state index contributed by atoms with van der Waals surface area (Å²) in [5.41, 5.74) is 3.51. The molecule has 0 saturated carbocycles. The first-order valence-corrected chi connectivity index (χ1v) is 10.7. The van der Waals surface area contributed by atoms with Crippen LogP contribution in [0.2, 0.25) is 0 Å². The lowest BCUT2D eigenvalue weighted by molar-refractivity contribution is 0.0966. The molecule has 1 saturated heterocycles. The summed E-state index contributed by atoms with van der Waals surface area (Å²) >= 11 is 1.50. The van der Waals surface area contributed by atoms with Gasteiger partial charge in [0.2, 0.25) is 0 Å². The van der Waals surface area contributed by atoms with E-state index in [2.05, 4.69) is 50.5 Å². The number of pyridine rings is 2. The molecule has 0 spiro atoms. The summed E-state index contributed by atoms with van der Waals surface area (Å²) in [4.78, 5) is 25.7. The number of hydrogen-bond donors (Lipinski definition) is 1. The van der Waals surface area contributed by atoms with Gasteiger partial charge in [0.1, 0.15) is 4.83 Å². The quantitative estimate of drug-likeness (QED) is 0.556. The van der Waals surface area contributed by atoms with Crippen molar-refractivity contribution in [1.82, 2.24) is 20.2 Å². The van der Waals surface area contributed by atoms with E-state index in [0.717, 1.165) is 46.7 Å². The molecule has 4 heterocycles. The van der Waals surface area contributed by atoms with Crippen LogP contribution in [0.1, 0.15) is 33.1 Å². The van der Waals surface area contributed by atoms with Gasteiger partial charge in [0.05, 0.1) is 10.4 Å². The van der Waals surface area contributed by atoms with Crippen LogP contribution in [0.3, 0.4) is 0 Å². The number of thiophene rings is 1. The van der Waals surface area contributed by atoms with E-state index in [9.17, 15) is 4.79 Å². The number of nitrogens with zero attached hydrogens (tertiary/aromatic N) is 3. The molecule has 0 unspecified atom stereocenters. The number of amides is 1. The second-order valence-corrected chi connectivity index (χ2v) is 8.49. The van der Waals surface area contributed by atoms with Gasteiger partial charge in [-0.25, -0.2) is 4.98 Å². The minimum absolute atomic E-state index is 0.0124. The Morgan fingerprint density at radius 3 is 2.90 bits per heavy atom. The Labute approximate surface area is 173 Å². The van der Waals surface area contributed by atoms with Gasteiger partial charge in [-0.15, -0.1) is 11.3 Å². The molecular formula is C23H22N4OS. The van der Waals surface area contributed by atoms with Gasteiger partial charge < -0.3 is 5.32 Å². The van der Waals surface area contributed by atoms with Crippen molar-refractivity contribution >= 4 is 38.4 Å². The summed E-state index contributed by atoms with van der Waals surface area (Å²) < 4.78 is 0. The lowest BCUT2D eigenvalue weighted by Crippen LogP contribution is -2.21. The Morgan fingerprint density at radius 1 is 1.14 bits per heavy atom. The highest BCUT2D eigenvalue weighted by atomic mass is 32.1. The Hall–Kier alpha value is -2.83. The van der Waals surface area contributed by atoms with Gasteiger partial charge >= 0.3 is 0 Å². The highest BCUT2D eigenvalue weighted by molar-refractivity contribution is 7.20. The third-order valence-electron chi connectivity index (χ3n) is 5.75. The molecule has 146 valence electrons. The van der Waals surface area contributed by atoms with E-state index in [4.69, 9.17) is 0 Å². The molecule has 6 heteroatoms. The second kappa shape index (κ2) is 7.54. The van der Waals surface area contributed by atoms with Crippen molar-refractivity contribution in [1.29, 1.82) is 0 Å². The molecule has 1 amide bonds. The minimum Gasteiger partial charge on any atom is -0.354 e. The summed E-state index contributed by atoms with van der Waals surface area (Å²) in [5.74, 6) is 0.329. The number of carbonyl (C=O) groups is 1. The molecule has 0 bridgehead atoms. The maximum Gasteiger partial charge on any atom is 0.261 e. The SMILES string of the molecule is CNC(=O)c1sc2ncccc2c1[C@H]1CCN(Cc2ccnc3ccccc23)C1. The zero-order valence-electron chi connectivity index (χ0n) is 16.3. The summed E-state index contributed by atoms with van der Waals surface area (Å²) in [6, 6.07) is 14.5. The number of rotatable bonds is 4. The van der Waals surface area contributed by atoms with Gasteiger partial charge in [0.15, 0.2) is 0 Å². The van der Waals surface area contributed by atoms with Crippen molar-refractivity contribution in [2.75, 3.05) is 20.1 Å².